The molecule has 0 saturated heterocycles. The maximum Gasteiger partial charge on any atom is 0.0893 e. The van der Waals surface area contributed by atoms with Crippen LogP contribution in [0.15, 0.2) is 134 Å². The molecule has 182 valence electrons. The lowest BCUT2D eigenvalue weighted by molar-refractivity contribution is 1.25. The van der Waals surface area contributed by atoms with Gasteiger partial charge in [-0.25, -0.2) is 4.98 Å². The third-order valence-corrected chi connectivity index (χ3v) is 7.63. The van der Waals surface area contributed by atoms with Crippen LogP contribution in [0.1, 0.15) is 0 Å². The summed E-state index contributed by atoms with van der Waals surface area (Å²) in [5, 5.41) is 7.26. The minimum absolute atomic E-state index is 0.862. The van der Waals surface area contributed by atoms with Crippen LogP contribution in [0.25, 0.3) is 77.1 Å². The molecule has 8 aromatic rings. The Morgan fingerprint density at radius 1 is 0.436 bits per heavy atom. The minimum Gasteiger partial charge on any atom is -0.353 e. The molecule has 0 amide bonds. The van der Waals surface area contributed by atoms with Crippen molar-refractivity contribution in [1.29, 1.82) is 0 Å². The van der Waals surface area contributed by atoms with Crippen LogP contribution in [0.4, 0.5) is 0 Å². The first kappa shape index (κ1) is 21.8. The molecule has 0 unspecified atom stereocenters. The smallest absolute Gasteiger partial charge is 0.0893 e. The molecule has 0 aliphatic carbocycles. The van der Waals surface area contributed by atoms with Crippen LogP contribution in [0.3, 0.4) is 0 Å². The number of H-pyrrole nitrogens is 1. The molecule has 0 bridgehead atoms. The van der Waals surface area contributed by atoms with Crippen molar-refractivity contribution in [2.75, 3.05) is 0 Å². The van der Waals surface area contributed by atoms with Gasteiger partial charge >= 0.3 is 0 Å². The molecule has 0 fully saturated rings. The highest BCUT2D eigenvalue weighted by molar-refractivity contribution is 6.25. The second-order valence-corrected chi connectivity index (χ2v) is 9.90. The number of benzene rings is 5. The van der Waals surface area contributed by atoms with Gasteiger partial charge in [-0.3, -0.25) is 4.98 Å². The fraction of sp³-hybridized carbons (Fsp3) is 0. The monoisotopic (exact) mass is 497 g/mol. The molecule has 1 N–H and O–H groups in total. The van der Waals surface area contributed by atoms with Gasteiger partial charge in [0, 0.05) is 28.1 Å². The summed E-state index contributed by atoms with van der Waals surface area (Å²) in [6.07, 6.45) is 1.81. The summed E-state index contributed by atoms with van der Waals surface area (Å²) >= 11 is 0. The molecule has 5 aromatic carbocycles. The number of rotatable bonds is 3. The van der Waals surface area contributed by atoms with E-state index in [4.69, 9.17) is 4.98 Å². The van der Waals surface area contributed by atoms with Gasteiger partial charge in [0.25, 0.3) is 0 Å². The summed E-state index contributed by atoms with van der Waals surface area (Å²) in [6.45, 7) is 0. The largest absolute Gasteiger partial charge is 0.353 e. The zero-order valence-electron chi connectivity index (χ0n) is 21.1. The van der Waals surface area contributed by atoms with Gasteiger partial charge in [0.1, 0.15) is 0 Å². The Morgan fingerprint density at radius 2 is 1.03 bits per heavy atom. The Kier molecular flexibility index (Phi) is 4.82. The van der Waals surface area contributed by atoms with E-state index in [1.54, 1.807) is 0 Å². The molecule has 0 radical (unpaired) electrons. The fourth-order valence-electron chi connectivity index (χ4n) is 5.91. The van der Waals surface area contributed by atoms with Crippen molar-refractivity contribution in [3.05, 3.63) is 134 Å². The molecule has 3 aromatic heterocycles. The van der Waals surface area contributed by atoms with Gasteiger partial charge in [0.15, 0.2) is 0 Å². The quantitative estimate of drug-likeness (QED) is 0.264. The maximum atomic E-state index is 5.14. The highest BCUT2D eigenvalue weighted by Crippen LogP contribution is 2.43. The number of pyridine rings is 2. The number of hydrogen-bond acceptors (Lipinski definition) is 2. The maximum absolute atomic E-state index is 5.14. The third-order valence-electron chi connectivity index (χ3n) is 7.63. The van der Waals surface area contributed by atoms with Crippen molar-refractivity contribution >= 4 is 43.4 Å². The number of fused-ring (bicyclic) bond motifs is 5. The van der Waals surface area contributed by atoms with E-state index in [2.05, 4.69) is 113 Å². The molecular formula is C36H23N3. The molecule has 0 spiro atoms. The summed E-state index contributed by atoms with van der Waals surface area (Å²) in [6, 6.07) is 44.7. The summed E-state index contributed by atoms with van der Waals surface area (Å²) in [4.78, 5) is 13.6. The van der Waals surface area contributed by atoms with Crippen LogP contribution >= 0.6 is 0 Å². The van der Waals surface area contributed by atoms with Gasteiger partial charge in [-0.15, -0.1) is 0 Å². The van der Waals surface area contributed by atoms with Crippen LogP contribution in [0, 0.1) is 0 Å². The fourth-order valence-corrected chi connectivity index (χ4v) is 5.91. The molecule has 8 rings (SSSR count). The van der Waals surface area contributed by atoms with E-state index >= 15 is 0 Å². The van der Waals surface area contributed by atoms with Crippen LogP contribution < -0.4 is 0 Å². The molecule has 0 aliphatic rings. The van der Waals surface area contributed by atoms with Gasteiger partial charge in [-0.1, -0.05) is 91.0 Å². The first-order valence-corrected chi connectivity index (χ1v) is 13.2. The van der Waals surface area contributed by atoms with Crippen molar-refractivity contribution in [2.45, 2.75) is 0 Å². The Morgan fingerprint density at radius 3 is 1.74 bits per heavy atom. The van der Waals surface area contributed by atoms with E-state index in [0.717, 1.165) is 33.7 Å². The number of hydrogen-bond donors (Lipinski definition) is 1. The summed E-state index contributed by atoms with van der Waals surface area (Å²) in [7, 11) is 0. The van der Waals surface area contributed by atoms with E-state index in [0.29, 0.717) is 0 Å². The topological polar surface area (TPSA) is 41.6 Å². The number of nitrogens with one attached hydrogen (secondary N) is 1. The highest BCUT2D eigenvalue weighted by Gasteiger charge is 2.19. The summed E-state index contributed by atoms with van der Waals surface area (Å²) in [5.41, 5.74) is 8.44. The normalized spacial score (nSPS) is 11.6. The van der Waals surface area contributed by atoms with Gasteiger partial charge in [0.2, 0.25) is 0 Å². The number of aromatic amines is 1. The average molecular weight is 498 g/mol. The number of aromatic nitrogens is 3. The third kappa shape index (κ3) is 3.44. The van der Waals surface area contributed by atoms with E-state index in [-0.39, 0.29) is 0 Å². The molecule has 3 nitrogen and oxygen atoms in total. The molecule has 0 atom stereocenters. The number of nitrogens with zero attached hydrogens (tertiary/aromatic N) is 2. The summed E-state index contributed by atoms with van der Waals surface area (Å²) in [5.74, 6) is 0. The Balaban J connectivity index is 1.52. The van der Waals surface area contributed by atoms with E-state index < -0.39 is 0 Å². The van der Waals surface area contributed by atoms with Crippen LogP contribution in [0.2, 0.25) is 0 Å². The predicted octanol–water partition coefficient (Wildman–Crippen LogP) is 9.42. The molecule has 3 heteroatoms. The minimum atomic E-state index is 0.862. The molecule has 0 aliphatic heterocycles. The van der Waals surface area contributed by atoms with Crippen molar-refractivity contribution < 1.29 is 0 Å². The van der Waals surface area contributed by atoms with Crippen LogP contribution in [0.5, 0.6) is 0 Å². The van der Waals surface area contributed by atoms with Crippen molar-refractivity contribution in [3.8, 4) is 33.8 Å². The Bertz CT molecular complexity index is 2160. The predicted molar refractivity (Wildman–Crippen MR) is 163 cm³/mol. The van der Waals surface area contributed by atoms with Gasteiger partial charge in [-0.2, -0.15) is 0 Å². The molecule has 0 saturated carbocycles. The van der Waals surface area contributed by atoms with E-state index in [9.17, 15) is 0 Å². The Labute approximate surface area is 225 Å². The van der Waals surface area contributed by atoms with E-state index in [1.807, 2.05) is 30.5 Å². The summed E-state index contributed by atoms with van der Waals surface area (Å²) < 4.78 is 0. The molecular weight excluding hydrogens is 474 g/mol. The lowest BCUT2D eigenvalue weighted by atomic mass is 9.93. The average Bonchev–Trinajstić information content (AvgIpc) is 3.36. The lowest BCUT2D eigenvalue weighted by Gasteiger charge is -2.10. The van der Waals surface area contributed by atoms with Crippen molar-refractivity contribution in [3.63, 3.8) is 0 Å². The Hall–Kier alpha value is -5.28. The standard InChI is InChI=1S/C36H23N3/c1-2-11-23(12-3-1)33-26-15-6-4-13-24(26)21-28-29-22-25-14-5-7-16-27(25)34(36(29)39-35(28)33)32-19-10-18-31(38-32)30-17-8-9-20-37-30/h1-22,39H. The van der Waals surface area contributed by atoms with Gasteiger partial charge in [0.05, 0.1) is 28.1 Å². The second-order valence-electron chi connectivity index (χ2n) is 9.90. The lowest BCUT2D eigenvalue weighted by Crippen LogP contribution is -1.92. The van der Waals surface area contributed by atoms with Crippen molar-refractivity contribution in [2.24, 2.45) is 0 Å². The molecule has 39 heavy (non-hydrogen) atoms. The van der Waals surface area contributed by atoms with Crippen molar-refractivity contribution in [1.82, 2.24) is 15.0 Å². The van der Waals surface area contributed by atoms with Gasteiger partial charge < -0.3 is 4.98 Å². The zero-order valence-corrected chi connectivity index (χ0v) is 21.1. The second kappa shape index (κ2) is 8.64. The molecule has 3 heterocycles. The first-order valence-electron chi connectivity index (χ1n) is 13.2. The van der Waals surface area contributed by atoms with E-state index in [1.165, 1.54) is 43.4 Å². The SMILES string of the molecule is c1ccc(-c2c3ccccc3cc3c2[nH]c2c(-c4cccc(-c5ccccn5)n4)c4ccccc4cc23)cc1. The highest BCUT2D eigenvalue weighted by atomic mass is 14.8. The van der Waals surface area contributed by atoms with Crippen LogP contribution in [-0.2, 0) is 0 Å². The van der Waals surface area contributed by atoms with Gasteiger partial charge in [-0.05, 0) is 63.5 Å². The first-order chi connectivity index (χ1) is 19.3. The zero-order chi connectivity index (χ0) is 25.8. The van der Waals surface area contributed by atoms with Crippen LogP contribution in [-0.4, -0.2) is 15.0 Å².